The number of carbonyl (C=O) groups is 2. The van der Waals surface area contributed by atoms with Crippen molar-refractivity contribution < 1.29 is 34.8 Å². The van der Waals surface area contributed by atoms with Gasteiger partial charge in [0.15, 0.2) is 5.78 Å². The molecule has 0 amide bonds. The second-order valence-electron chi connectivity index (χ2n) is 23.1. The first-order chi connectivity index (χ1) is 29.9. The second-order valence-corrected chi connectivity index (χ2v) is 23.1. The van der Waals surface area contributed by atoms with Crippen LogP contribution in [0.2, 0.25) is 0 Å². The Labute approximate surface area is 377 Å². The summed E-state index contributed by atoms with van der Waals surface area (Å²) in [6, 6.07) is 9.12. The number of hydrogen-bond donors (Lipinski definition) is 4. The monoisotopic (exact) mass is 864 g/mol. The number of ether oxygens (including phenoxy) is 1. The summed E-state index contributed by atoms with van der Waals surface area (Å²) in [5, 5.41) is 45.7. The second kappa shape index (κ2) is 16.7. The van der Waals surface area contributed by atoms with Gasteiger partial charge in [0.05, 0.1) is 24.9 Å². The van der Waals surface area contributed by atoms with Crippen LogP contribution in [-0.4, -0.2) is 76.3 Å². The fraction of sp³-hybridized carbons (Fsp3) is 0.745. The fourth-order valence-electron chi connectivity index (χ4n) is 17.0. The summed E-state index contributed by atoms with van der Waals surface area (Å²) >= 11 is 0. The number of fused-ring (bicyclic) bond motifs is 9. The molecule has 8 aliphatic carbocycles. The van der Waals surface area contributed by atoms with Gasteiger partial charge in [0, 0.05) is 43.5 Å². The van der Waals surface area contributed by atoms with Crippen LogP contribution in [0.15, 0.2) is 47.1 Å². The van der Waals surface area contributed by atoms with Gasteiger partial charge in [0.2, 0.25) is 0 Å². The molecule has 63 heavy (non-hydrogen) atoms. The molecule has 344 valence electrons. The molecule has 6 fully saturated rings. The third-order valence-corrected chi connectivity index (χ3v) is 20.5. The van der Waals surface area contributed by atoms with Crippen molar-refractivity contribution >= 4 is 17.4 Å². The van der Waals surface area contributed by atoms with Crippen LogP contribution in [0, 0.1) is 81.3 Å². The zero-order valence-corrected chi connectivity index (χ0v) is 39.4. The summed E-state index contributed by atoms with van der Waals surface area (Å²) in [4.78, 5) is 26.3. The van der Waals surface area contributed by atoms with E-state index in [0.29, 0.717) is 37.2 Å². The maximum atomic E-state index is 12.6. The maximum Gasteiger partial charge on any atom is 0.303 e. The van der Waals surface area contributed by atoms with E-state index in [9.17, 15) is 30.0 Å². The van der Waals surface area contributed by atoms with E-state index in [0.717, 1.165) is 89.3 Å². The predicted molar refractivity (Wildman–Crippen MR) is 247 cm³/mol. The van der Waals surface area contributed by atoms with Crippen molar-refractivity contribution in [2.45, 2.75) is 168 Å². The molecular weight excluding hydrogens is 787 g/mol. The summed E-state index contributed by atoms with van der Waals surface area (Å²) in [6.45, 7) is 14.6. The first-order valence-corrected chi connectivity index (χ1v) is 25.1. The SMILES string of the molecule is CC#C[C@]1(O)[C@H](C)CC2C3CCC4=CC(=O)CCC4=C3[C@@H](c3ccc(N(C)CCO[C@H]4CC[C@@]5(C)[C@@H](C4)C[C@@H](O)[C@@H]4[C@@H]5C[C@H](O)[C@]5(C)[C@@H]([C@H](C)CCC(=O)O)CC[C@@H]45)cc3)C[C@@]21C. The van der Waals surface area contributed by atoms with Crippen LogP contribution in [0.1, 0.15) is 149 Å². The highest BCUT2D eigenvalue weighted by Gasteiger charge is 2.67. The van der Waals surface area contributed by atoms with Crippen LogP contribution >= 0.6 is 0 Å². The normalized spacial score (nSPS) is 44.4. The molecule has 0 spiro atoms. The molecule has 8 heteroatoms. The first-order valence-electron chi connectivity index (χ1n) is 25.1. The Balaban J connectivity index is 0.848. The molecule has 0 radical (unpaired) electrons. The van der Waals surface area contributed by atoms with Crippen molar-refractivity contribution in [3.63, 3.8) is 0 Å². The number of carboxylic acids is 1. The van der Waals surface area contributed by atoms with Crippen molar-refractivity contribution in [1.29, 1.82) is 0 Å². The molecule has 9 rings (SSSR count). The Morgan fingerprint density at radius 2 is 1.73 bits per heavy atom. The summed E-state index contributed by atoms with van der Waals surface area (Å²) < 4.78 is 6.68. The highest BCUT2D eigenvalue weighted by atomic mass is 16.5. The summed E-state index contributed by atoms with van der Waals surface area (Å²) in [5.41, 5.74) is 5.08. The van der Waals surface area contributed by atoms with Crippen molar-refractivity contribution in [3.05, 3.63) is 52.6 Å². The molecule has 8 aliphatic rings. The average molecular weight is 864 g/mol. The lowest BCUT2D eigenvalue weighted by Crippen LogP contribution is -2.62. The number of carbonyl (C=O) groups excluding carboxylic acids is 1. The maximum absolute atomic E-state index is 12.6. The quantitative estimate of drug-likeness (QED) is 0.172. The number of aliphatic hydroxyl groups is 3. The fourth-order valence-corrected chi connectivity index (χ4v) is 17.0. The molecule has 4 N–H and O–H groups in total. The smallest absolute Gasteiger partial charge is 0.303 e. The number of aliphatic hydroxyl groups excluding tert-OH is 2. The van der Waals surface area contributed by atoms with Gasteiger partial charge in [-0.15, -0.1) is 5.92 Å². The van der Waals surface area contributed by atoms with Crippen LogP contribution in [0.4, 0.5) is 5.69 Å². The number of aliphatic carboxylic acids is 1. The Morgan fingerprint density at radius 3 is 2.46 bits per heavy atom. The van der Waals surface area contributed by atoms with Crippen molar-refractivity contribution in [3.8, 4) is 11.8 Å². The minimum absolute atomic E-state index is 0.0626. The van der Waals surface area contributed by atoms with E-state index in [-0.39, 0.29) is 82.1 Å². The largest absolute Gasteiger partial charge is 0.481 e. The zero-order valence-electron chi connectivity index (χ0n) is 39.4. The number of rotatable bonds is 10. The van der Waals surface area contributed by atoms with Gasteiger partial charge in [-0.2, -0.15) is 0 Å². The number of allylic oxidation sites excluding steroid dienone is 4. The van der Waals surface area contributed by atoms with Crippen LogP contribution in [0.5, 0.6) is 0 Å². The number of anilines is 1. The molecule has 8 nitrogen and oxygen atoms in total. The molecule has 0 bridgehead atoms. The molecule has 0 aliphatic heterocycles. The van der Waals surface area contributed by atoms with Gasteiger partial charge in [0.1, 0.15) is 5.60 Å². The summed E-state index contributed by atoms with van der Waals surface area (Å²) in [5.74, 6) is 8.58. The van der Waals surface area contributed by atoms with E-state index >= 15 is 0 Å². The van der Waals surface area contributed by atoms with Gasteiger partial charge in [-0.05, 0) is 189 Å². The molecule has 6 saturated carbocycles. The number of hydrogen-bond acceptors (Lipinski definition) is 7. The van der Waals surface area contributed by atoms with Crippen molar-refractivity contribution in [2.24, 2.45) is 69.5 Å². The predicted octanol–water partition coefficient (Wildman–Crippen LogP) is 9.51. The Kier molecular flexibility index (Phi) is 12.0. The molecule has 0 heterocycles. The standard InChI is InChI=1S/C55H77NO7/c1-8-22-55(62)33(3)26-45-41-16-12-35-27-38(57)15-17-40(35)50(41)42(31-53(45,55)5)34-10-13-37(14-11-34)56(7)24-25-63-39-21-23-52(4)36(28-39)29-47(58)51-44-19-18-43(32(2)9-20-49(60)61)54(44,6)48(59)30-46(51)52/h10-11,13-14,27,32-33,36,39,41-48,51,58-59,62H,9,12,15-21,23-26,28-31H2,1-7H3,(H,60,61)/t32-,33-,36+,39+,41?,42-,43-,44+,45?,46+,47-,48+,51+,52+,53+,54-,55+/m1/s1. The van der Waals surface area contributed by atoms with Crippen LogP contribution in [0.3, 0.4) is 0 Å². The van der Waals surface area contributed by atoms with Crippen LogP contribution in [-0.2, 0) is 14.3 Å². The van der Waals surface area contributed by atoms with Crippen LogP contribution < -0.4 is 4.90 Å². The Hall–Kier alpha value is -2.96. The number of ketones is 1. The van der Waals surface area contributed by atoms with E-state index < -0.39 is 17.7 Å². The summed E-state index contributed by atoms with van der Waals surface area (Å²) in [6.07, 6.45) is 13.8. The Bertz CT molecular complexity index is 2060. The first kappa shape index (κ1) is 45.2. The summed E-state index contributed by atoms with van der Waals surface area (Å²) in [7, 11) is 2.14. The number of carboxylic acid groups (broad SMARTS) is 1. The van der Waals surface area contributed by atoms with Crippen molar-refractivity contribution in [2.75, 3.05) is 25.1 Å². The van der Waals surface area contributed by atoms with Gasteiger partial charge in [-0.25, -0.2) is 0 Å². The minimum atomic E-state index is -1.03. The molecule has 17 atom stereocenters. The average Bonchev–Trinajstić information content (AvgIpc) is 3.71. The van der Waals surface area contributed by atoms with E-state index in [1.54, 1.807) is 0 Å². The highest BCUT2D eigenvalue weighted by molar-refractivity contribution is 5.93. The van der Waals surface area contributed by atoms with Gasteiger partial charge >= 0.3 is 5.97 Å². The molecule has 1 aromatic rings. The lowest BCUT2D eigenvalue weighted by molar-refractivity contribution is -0.209. The van der Waals surface area contributed by atoms with E-state index in [1.807, 2.05) is 13.0 Å². The molecule has 0 saturated heterocycles. The third-order valence-electron chi connectivity index (χ3n) is 20.5. The Morgan fingerprint density at radius 1 is 0.968 bits per heavy atom. The van der Waals surface area contributed by atoms with Crippen molar-refractivity contribution in [1.82, 2.24) is 0 Å². The molecule has 2 unspecified atom stereocenters. The van der Waals surface area contributed by atoms with Gasteiger partial charge in [-0.3, -0.25) is 9.59 Å². The third kappa shape index (κ3) is 7.23. The van der Waals surface area contributed by atoms with Gasteiger partial charge in [-0.1, -0.05) is 58.2 Å². The van der Waals surface area contributed by atoms with E-state index in [1.165, 1.54) is 22.3 Å². The topological polar surface area (TPSA) is 128 Å². The zero-order chi connectivity index (χ0) is 44.8. The highest BCUT2D eigenvalue weighted by Crippen LogP contribution is 2.70. The molecule has 0 aromatic heterocycles. The molecular formula is C55H77NO7. The van der Waals surface area contributed by atoms with E-state index in [2.05, 4.69) is 82.7 Å². The lowest BCUT2D eigenvalue weighted by atomic mass is 9.43. The van der Waals surface area contributed by atoms with Gasteiger partial charge in [0.25, 0.3) is 0 Å². The van der Waals surface area contributed by atoms with E-state index in [4.69, 9.17) is 4.74 Å². The molecule has 1 aromatic carbocycles. The minimum Gasteiger partial charge on any atom is -0.481 e. The van der Waals surface area contributed by atoms with Gasteiger partial charge < -0.3 is 30.1 Å². The van der Waals surface area contributed by atoms with Crippen LogP contribution in [0.25, 0.3) is 0 Å². The number of likely N-dealkylation sites (N-methyl/N-ethyl adjacent to an activating group) is 1. The number of benzene rings is 1. The lowest BCUT2D eigenvalue weighted by Gasteiger charge is -2.63. The number of nitrogens with zero attached hydrogens (tertiary/aromatic N) is 1.